The predicted molar refractivity (Wildman–Crippen MR) is 108 cm³/mol. The molecule has 2 N–H and O–H groups in total. The number of carbonyl (C=O) groups excluding carboxylic acids is 2. The molecule has 0 saturated carbocycles. The fraction of sp³-hybridized carbons (Fsp3) is 0.900. The maximum absolute atomic E-state index is 11.8. The Bertz CT molecular complexity index is 353. The zero-order valence-corrected chi connectivity index (χ0v) is 20.2. The molecule has 0 atom stereocenters. The Kier molecular flexibility index (Phi) is 17.5. The number of carbonyl (C=O) groups is 2. The van der Waals surface area contributed by atoms with Crippen molar-refractivity contribution in [1.29, 1.82) is 0 Å². The van der Waals surface area contributed by atoms with Gasteiger partial charge in [-0.25, -0.2) is 0 Å². The molecule has 0 aliphatic rings. The van der Waals surface area contributed by atoms with Crippen LogP contribution >= 0.6 is 0 Å². The first-order chi connectivity index (χ1) is 13.0. The van der Waals surface area contributed by atoms with Gasteiger partial charge in [0.15, 0.2) is 0 Å². The van der Waals surface area contributed by atoms with E-state index in [2.05, 4.69) is 13.8 Å². The molecule has 0 spiro atoms. The monoisotopic (exact) mass is 496 g/mol. The summed E-state index contributed by atoms with van der Waals surface area (Å²) in [4.78, 5) is 23.5. The van der Waals surface area contributed by atoms with Crippen molar-refractivity contribution in [1.82, 2.24) is 0 Å². The quantitative estimate of drug-likeness (QED) is 0.219. The van der Waals surface area contributed by atoms with Crippen LogP contribution in [0.15, 0.2) is 0 Å². The van der Waals surface area contributed by atoms with Crippen LogP contribution in [-0.4, -0.2) is 54.6 Å². The average molecular weight is 495 g/mol. The van der Waals surface area contributed by atoms with Crippen LogP contribution in [0, 0.1) is 0 Å². The third-order valence-electron chi connectivity index (χ3n) is 4.68. The van der Waals surface area contributed by atoms with Crippen molar-refractivity contribution in [2.24, 2.45) is 0 Å². The van der Waals surface area contributed by atoms with Crippen LogP contribution in [0.25, 0.3) is 0 Å². The van der Waals surface area contributed by atoms with E-state index < -0.39 is 44.4 Å². The molecule has 6 nitrogen and oxygen atoms in total. The molecule has 0 amide bonds. The van der Waals surface area contributed by atoms with Crippen LogP contribution < -0.4 is 0 Å². The van der Waals surface area contributed by atoms with Gasteiger partial charge in [0.25, 0.3) is 0 Å². The number of hydrogen-bond acceptors (Lipinski definition) is 6. The number of unbranched alkanes of at least 4 members (excludes halogenated alkanes) is 10. The first-order valence-corrected chi connectivity index (χ1v) is 17.1. The van der Waals surface area contributed by atoms with Crippen molar-refractivity contribution in [2.45, 2.75) is 99.8 Å². The molecule has 0 aromatic heterocycles. The van der Waals surface area contributed by atoms with Gasteiger partial charge in [0.2, 0.25) is 0 Å². The molecule has 0 aliphatic heterocycles. The standard InChI is InChI=1S/2C8H17.2C2H4O3.Sn/c2*1-3-5-7-8-6-4-2;2*3-1-2(4)5;/h2*1,3-8H2,2H3;2*3H,1H2,(H,4,5);/q;;;;+2/p-2. The molecule has 0 heterocycles. The zero-order valence-electron chi connectivity index (χ0n) is 17.3. The second-order valence-corrected chi connectivity index (χ2v) is 16.4. The molecule has 27 heavy (non-hydrogen) atoms. The van der Waals surface area contributed by atoms with Crippen LogP contribution in [0.2, 0.25) is 8.87 Å². The zero-order chi connectivity index (χ0) is 20.4. The summed E-state index contributed by atoms with van der Waals surface area (Å²) in [6, 6.07) is 0. The molecule has 0 fully saturated rings. The van der Waals surface area contributed by atoms with Crippen LogP contribution in [0.4, 0.5) is 0 Å². The summed E-state index contributed by atoms with van der Waals surface area (Å²) < 4.78 is 12.4. The number of aliphatic hydroxyl groups excluding tert-OH is 2. The fourth-order valence-corrected chi connectivity index (χ4v) is 12.4. The normalized spacial score (nSPS) is 11.4. The molecule has 0 radical (unpaired) electrons. The van der Waals surface area contributed by atoms with Crippen molar-refractivity contribution in [2.75, 3.05) is 13.2 Å². The van der Waals surface area contributed by atoms with Gasteiger partial charge < -0.3 is 0 Å². The van der Waals surface area contributed by atoms with Gasteiger partial charge in [0.1, 0.15) is 0 Å². The van der Waals surface area contributed by atoms with Crippen LogP contribution in [-0.2, 0) is 15.7 Å². The first-order valence-electron chi connectivity index (χ1n) is 10.7. The van der Waals surface area contributed by atoms with Gasteiger partial charge in [-0.05, 0) is 0 Å². The van der Waals surface area contributed by atoms with Gasteiger partial charge in [-0.1, -0.05) is 0 Å². The summed E-state index contributed by atoms with van der Waals surface area (Å²) in [5.41, 5.74) is 0. The Morgan fingerprint density at radius 1 is 0.630 bits per heavy atom. The minimum absolute atomic E-state index is 0.604. The van der Waals surface area contributed by atoms with E-state index in [9.17, 15) is 9.59 Å². The summed E-state index contributed by atoms with van der Waals surface area (Å²) in [5.74, 6) is -1.43. The molecular formula is C20H40O6Sn. The molecule has 0 bridgehead atoms. The van der Waals surface area contributed by atoms with Crippen molar-refractivity contribution >= 4 is 31.1 Å². The number of aliphatic hydroxyl groups is 2. The van der Waals surface area contributed by atoms with Crippen LogP contribution in [0.5, 0.6) is 0 Å². The van der Waals surface area contributed by atoms with Gasteiger partial charge in [-0.3, -0.25) is 0 Å². The molecule has 0 aromatic carbocycles. The Labute approximate surface area is 170 Å². The fourth-order valence-electron chi connectivity index (χ4n) is 3.18. The Morgan fingerprint density at radius 3 is 1.30 bits per heavy atom. The van der Waals surface area contributed by atoms with Gasteiger partial charge in [-0.2, -0.15) is 0 Å². The molecule has 0 unspecified atom stereocenters. The van der Waals surface area contributed by atoms with Gasteiger partial charge in [0, 0.05) is 0 Å². The van der Waals surface area contributed by atoms with Gasteiger partial charge in [0.05, 0.1) is 0 Å². The van der Waals surface area contributed by atoms with Gasteiger partial charge >= 0.3 is 170 Å². The second-order valence-electron chi connectivity index (χ2n) is 7.21. The van der Waals surface area contributed by atoms with Crippen molar-refractivity contribution in [3.8, 4) is 0 Å². The van der Waals surface area contributed by atoms with E-state index in [1.54, 1.807) is 0 Å². The van der Waals surface area contributed by atoms with E-state index >= 15 is 0 Å². The minimum atomic E-state index is -4.01. The summed E-state index contributed by atoms with van der Waals surface area (Å²) in [7, 11) is 0. The Hall–Kier alpha value is -0.341. The summed E-state index contributed by atoms with van der Waals surface area (Å²) in [6.45, 7) is 2.93. The molecule has 0 aliphatic carbocycles. The predicted octanol–water partition coefficient (Wildman–Crippen LogP) is 4.22. The summed E-state index contributed by atoms with van der Waals surface area (Å²) in [6.07, 6.45) is 13.1. The van der Waals surface area contributed by atoms with Crippen molar-refractivity contribution < 1.29 is 26.0 Å². The third-order valence-corrected chi connectivity index (χ3v) is 14.5. The number of rotatable bonds is 18. The second kappa shape index (κ2) is 17.7. The third kappa shape index (κ3) is 14.3. The van der Waals surface area contributed by atoms with E-state index in [1.807, 2.05) is 0 Å². The first kappa shape index (κ1) is 26.7. The average Bonchev–Trinajstić information content (AvgIpc) is 2.67. The summed E-state index contributed by atoms with van der Waals surface area (Å²) >= 11 is -4.01. The molecular weight excluding hydrogens is 455 g/mol. The summed E-state index contributed by atoms with van der Waals surface area (Å²) in [5, 5.41) is 18.2. The Balaban J connectivity index is 4.78. The number of hydrogen-bond donors (Lipinski definition) is 2. The van der Waals surface area contributed by atoms with Crippen LogP contribution in [0.1, 0.15) is 90.9 Å². The maximum atomic E-state index is 11.8. The van der Waals surface area contributed by atoms with E-state index in [0.717, 1.165) is 38.5 Å². The van der Waals surface area contributed by atoms with Crippen LogP contribution in [0.3, 0.4) is 0 Å². The molecule has 0 aromatic rings. The topological polar surface area (TPSA) is 93.1 Å². The van der Waals surface area contributed by atoms with E-state index in [0.29, 0.717) is 8.87 Å². The molecule has 0 rings (SSSR count). The van der Waals surface area contributed by atoms with E-state index in [1.165, 1.54) is 38.5 Å². The molecule has 160 valence electrons. The molecule has 7 heteroatoms. The van der Waals surface area contributed by atoms with E-state index in [-0.39, 0.29) is 0 Å². The van der Waals surface area contributed by atoms with Crippen molar-refractivity contribution in [3.63, 3.8) is 0 Å². The van der Waals surface area contributed by atoms with Crippen molar-refractivity contribution in [3.05, 3.63) is 0 Å². The van der Waals surface area contributed by atoms with Gasteiger partial charge in [-0.15, -0.1) is 0 Å². The van der Waals surface area contributed by atoms with E-state index in [4.69, 9.17) is 16.4 Å². The SMILES string of the molecule is CCCCCCC[CH2][Sn]([CH2]CCCCCCC)([O]C(=O)CO)[O]C(=O)CO. The molecule has 0 saturated heterocycles. The Morgan fingerprint density at radius 2 is 0.963 bits per heavy atom.